The van der Waals surface area contributed by atoms with Gasteiger partial charge in [-0.25, -0.2) is 0 Å². The third kappa shape index (κ3) is 2.57. The standard InChI is InChI=1S/C16H13BrClN3/c1-9-6-7-10(17)8-12(9)15-14(16(19)21-20-15)11-4-2-3-5-13(11)18/h2-8H,1H3,(H3,19,20,21). The maximum atomic E-state index is 6.31. The van der Waals surface area contributed by atoms with Gasteiger partial charge in [-0.3, -0.25) is 5.10 Å². The SMILES string of the molecule is Cc1ccc(Br)cc1-c1[nH]nc(N)c1-c1ccccc1Cl. The molecule has 0 aliphatic rings. The van der Waals surface area contributed by atoms with E-state index < -0.39 is 0 Å². The summed E-state index contributed by atoms with van der Waals surface area (Å²) in [5.74, 6) is 0.442. The van der Waals surface area contributed by atoms with Gasteiger partial charge >= 0.3 is 0 Å². The first kappa shape index (κ1) is 14.2. The summed E-state index contributed by atoms with van der Waals surface area (Å²) in [4.78, 5) is 0. The predicted molar refractivity (Wildman–Crippen MR) is 91.3 cm³/mol. The molecule has 2 aromatic carbocycles. The van der Waals surface area contributed by atoms with Crippen LogP contribution in [0.2, 0.25) is 5.02 Å². The lowest BCUT2D eigenvalue weighted by Gasteiger charge is -2.09. The van der Waals surface area contributed by atoms with Crippen molar-refractivity contribution in [1.29, 1.82) is 0 Å². The van der Waals surface area contributed by atoms with Gasteiger partial charge in [0.1, 0.15) is 0 Å². The van der Waals surface area contributed by atoms with Gasteiger partial charge in [-0.15, -0.1) is 0 Å². The largest absolute Gasteiger partial charge is 0.382 e. The van der Waals surface area contributed by atoms with Crippen LogP contribution in [0.15, 0.2) is 46.9 Å². The molecule has 0 aliphatic heterocycles. The molecule has 0 atom stereocenters. The van der Waals surface area contributed by atoms with Crippen molar-refractivity contribution >= 4 is 33.3 Å². The van der Waals surface area contributed by atoms with Crippen LogP contribution in [0.3, 0.4) is 0 Å². The first-order valence-electron chi connectivity index (χ1n) is 6.43. The lowest BCUT2D eigenvalue weighted by molar-refractivity contribution is 1.10. The molecule has 21 heavy (non-hydrogen) atoms. The Morgan fingerprint density at radius 2 is 1.90 bits per heavy atom. The number of rotatable bonds is 2. The van der Waals surface area contributed by atoms with E-state index in [1.165, 1.54) is 0 Å². The number of nitrogen functional groups attached to an aromatic ring is 1. The summed E-state index contributed by atoms with van der Waals surface area (Å²) in [6.07, 6.45) is 0. The van der Waals surface area contributed by atoms with Crippen LogP contribution in [-0.2, 0) is 0 Å². The second kappa shape index (κ2) is 5.54. The van der Waals surface area contributed by atoms with Gasteiger partial charge in [0, 0.05) is 20.6 Å². The summed E-state index contributed by atoms with van der Waals surface area (Å²) >= 11 is 9.82. The highest BCUT2D eigenvalue weighted by atomic mass is 79.9. The van der Waals surface area contributed by atoms with E-state index in [1.54, 1.807) is 0 Å². The molecule has 0 fully saturated rings. The Bertz CT molecular complexity index is 811. The summed E-state index contributed by atoms with van der Waals surface area (Å²) in [6, 6.07) is 13.7. The fourth-order valence-corrected chi connectivity index (χ4v) is 2.94. The van der Waals surface area contributed by atoms with Gasteiger partial charge in [-0.2, -0.15) is 5.10 Å². The van der Waals surface area contributed by atoms with Crippen molar-refractivity contribution in [3.8, 4) is 22.4 Å². The third-order valence-corrected chi connectivity index (χ3v) is 4.23. The number of aromatic amines is 1. The fraction of sp³-hybridized carbons (Fsp3) is 0.0625. The van der Waals surface area contributed by atoms with E-state index in [2.05, 4.69) is 33.1 Å². The average molecular weight is 363 g/mol. The molecule has 3 rings (SSSR count). The Balaban J connectivity index is 2.27. The van der Waals surface area contributed by atoms with Gasteiger partial charge in [0.05, 0.1) is 11.3 Å². The van der Waals surface area contributed by atoms with E-state index in [-0.39, 0.29) is 0 Å². The number of nitrogens with one attached hydrogen (secondary N) is 1. The van der Waals surface area contributed by atoms with Crippen molar-refractivity contribution in [2.45, 2.75) is 6.92 Å². The summed E-state index contributed by atoms with van der Waals surface area (Å²) in [5, 5.41) is 7.84. The Labute approximate surface area is 136 Å². The number of hydrogen-bond acceptors (Lipinski definition) is 2. The van der Waals surface area contributed by atoms with Gasteiger partial charge in [-0.05, 0) is 30.7 Å². The minimum atomic E-state index is 0.442. The topological polar surface area (TPSA) is 54.7 Å². The summed E-state index contributed by atoms with van der Waals surface area (Å²) < 4.78 is 1.00. The van der Waals surface area contributed by atoms with Crippen LogP contribution in [0.4, 0.5) is 5.82 Å². The summed E-state index contributed by atoms with van der Waals surface area (Å²) in [5.41, 5.74) is 10.8. The minimum absolute atomic E-state index is 0.442. The molecule has 5 heteroatoms. The van der Waals surface area contributed by atoms with Crippen LogP contribution in [0, 0.1) is 6.92 Å². The minimum Gasteiger partial charge on any atom is -0.382 e. The quantitative estimate of drug-likeness (QED) is 0.670. The number of aromatic nitrogens is 2. The molecule has 0 unspecified atom stereocenters. The molecule has 0 saturated carbocycles. The van der Waals surface area contributed by atoms with Gasteiger partial charge < -0.3 is 5.73 Å². The van der Waals surface area contributed by atoms with Crippen LogP contribution in [0.5, 0.6) is 0 Å². The van der Waals surface area contributed by atoms with Crippen molar-refractivity contribution in [1.82, 2.24) is 10.2 Å². The lowest BCUT2D eigenvalue weighted by Crippen LogP contribution is -1.90. The fourth-order valence-electron chi connectivity index (χ4n) is 2.35. The molecule has 0 radical (unpaired) electrons. The predicted octanol–water partition coefficient (Wildman–Crippen LogP) is 5.05. The molecule has 0 aliphatic carbocycles. The van der Waals surface area contributed by atoms with Gasteiger partial charge in [0.2, 0.25) is 0 Å². The van der Waals surface area contributed by atoms with E-state index in [0.29, 0.717) is 10.8 Å². The first-order chi connectivity index (χ1) is 10.1. The van der Waals surface area contributed by atoms with Crippen LogP contribution in [-0.4, -0.2) is 10.2 Å². The maximum absolute atomic E-state index is 6.31. The van der Waals surface area contributed by atoms with Crippen molar-refractivity contribution in [2.24, 2.45) is 0 Å². The Hall–Kier alpha value is -1.78. The van der Waals surface area contributed by atoms with E-state index in [1.807, 2.05) is 42.5 Å². The number of anilines is 1. The monoisotopic (exact) mass is 361 g/mol. The molecule has 3 N–H and O–H groups in total. The zero-order chi connectivity index (χ0) is 15.0. The molecule has 3 nitrogen and oxygen atoms in total. The number of nitrogens with two attached hydrogens (primary N) is 1. The molecule has 0 spiro atoms. The van der Waals surface area contributed by atoms with Crippen LogP contribution < -0.4 is 5.73 Å². The summed E-state index contributed by atoms with van der Waals surface area (Å²) in [7, 11) is 0. The third-order valence-electron chi connectivity index (χ3n) is 3.41. The summed E-state index contributed by atoms with van der Waals surface area (Å²) in [6.45, 7) is 2.05. The highest BCUT2D eigenvalue weighted by molar-refractivity contribution is 9.10. The van der Waals surface area contributed by atoms with Gasteiger partial charge in [0.25, 0.3) is 0 Å². The molecular formula is C16H13BrClN3. The van der Waals surface area contributed by atoms with Crippen molar-refractivity contribution in [3.05, 3.63) is 57.5 Å². The number of H-pyrrole nitrogens is 1. The van der Waals surface area contributed by atoms with Gasteiger partial charge in [0.15, 0.2) is 5.82 Å². The first-order valence-corrected chi connectivity index (χ1v) is 7.60. The van der Waals surface area contributed by atoms with Crippen molar-refractivity contribution < 1.29 is 0 Å². The van der Waals surface area contributed by atoms with E-state index in [9.17, 15) is 0 Å². The number of hydrogen-bond donors (Lipinski definition) is 2. The molecule has 1 aromatic heterocycles. The molecule has 0 bridgehead atoms. The van der Waals surface area contributed by atoms with E-state index >= 15 is 0 Å². The normalized spacial score (nSPS) is 10.8. The number of aryl methyl sites for hydroxylation is 1. The van der Waals surface area contributed by atoms with Gasteiger partial charge in [-0.1, -0.05) is 51.8 Å². The van der Waals surface area contributed by atoms with Crippen molar-refractivity contribution in [2.75, 3.05) is 5.73 Å². The zero-order valence-corrected chi connectivity index (χ0v) is 13.7. The highest BCUT2D eigenvalue weighted by Gasteiger charge is 2.18. The van der Waals surface area contributed by atoms with E-state index in [0.717, 1.165) is 32.4 Å². The van der Waals surface area contributed by atoms with Crippen molar-refractivity contribution in [3.63, 3.8) is 0 Å². The van der Waals surface area contributed by atoms with E-state index in [4.69, 9.17) is 17.3 Å². The number of benzene rings is 2. The zero-order valence-electron chi connectivity index (χ0n) is 11.3. The smallest absolute Gasteiger partial charge is 0.153 e. The highest BCUT2D eigenvalue weighted by Crippen LogP contribution is 2.39. The maximum Gasteiger partial charge on any atom is 0.153 e. The second-order valence-electron chi connectivity index (χ2n) is 4.80. The second-order valence-corrected chi connectivity index (χ2v) is 6.12. The van der Waals surface area contributed by atoms with Crippen LogP contribution in [0.25, 0.3) is 22.4 Å². The molecule has 1 heterocycles. The number of nitrogens with zero attached hydrogens (tertiary/aromatic N) is 1. The molecule has 106 valence electrons. The Kier molecular flexibility index (Phi) is 3.74. The molecule has 3 aromatic rings. The Morgan fingerprint density at radius 1 is 1.14 bits per heavy atom. The van der Waals surface area contributed by atoms with Crippen LogP contribution >= 0.6 is 27.5 Å². The average Bonchev–Trinajstić information content (AvgIpc) is 2.84. The number of halogens is 2. The van der Waals surface area contributed by atoms with Crippen LogP contribution in [0.1, 0.15) is 5.56 Å². The Morgan fingerprint density at radius 3 is 2.67 bits per heavy atom. The molecule has 0 saturated heterocycles. The molecule has 0 amide bonds. The molecular weight excluding hydrogens is 350 g/mol. The lowest BCUT2D eigenvalue weighted by atomic mass is 9.98.